The summed E-state index contributed by atoms with van der Waals surface area (Å²) < 4.78 is 76.0. The minimum Gasteiger partial charge on any atom is -0.490 e. The van der Waals surface area contributed by atoms with Gasteiger partial charge in [-0.2, -0.15) is 18.2 Å². The molecule has 0 aliphatic carbocycles. The average molecular weight is 469 g/mol. The van der Waals surface area contributed by atoms with Crippen molar-refractivity contribution in [1.82, 2.24) is 9.55 Å². The molecule has 0 unspecified atom stereocenters. The highest BCUT2D eigenvalue weighted by Crippen LogP contribution is 2.29. The van der Waals surface area contributed by atoms with E-state index in [4.69, 9.17) is 9.47 Å². The summed E-state index contributed by atoms with van der Waals surface area (Å²) in [5.41, 5.74) is 0.976. The third-order valence-corrected chi connectivity index (χ3v) is 4.62. The van der Waals surface area contributed by atoms with E-state index in [1.54, 1.807) is 19.9 Å². The second-order valence-corrected chi connectivity index (χ2v) is 7.31. The summed E-state index contributed by atoms with van der Waals surface area (Å²) in [4.78, 5) is 16.2. The predicted octanol–water partition coefficient (Wildman–Crippen LogP) is 4.88. The monoisotopic (exact) mass is 469 g/mol. The first-order chi connectivity index (χ1) is 15.4. The third kappa shape index (κ3) is 6.21. The number of alkyl halides is 3. The molecule has 176 valence electrons. The topological polar surface area (TPSA) is 65.4 Å². The summed E-state index contributed by atoms with van der Waals surface area (Å²) >= 11 is 0. The van der Waals surface area contributed by atoms with Crippen LogP contribution in [0.4, 0.5) is 33.6 Å². The van der Waals surface area contributed by atoms with Gasteiger partial charge < -0.3 is 19.4 Å². The Morgan fingerprint density at radius 2 is 1.67 bits per heavy atom. The lowest BCUT2D eigenvalue weighted by Gasteiger charge is -2.18. The number of benzene rings is 2. The fraction of sp³-hybridized carbons (Fsp3) is 0.273. The second-order valence-electron chi connectivity index (χ2n) is 7.31. The number of hydrogen-bond acceptors (Lipinski definition) is 5. The first-order valence-electron chi connectivity index (χ1n) is 9.63. The highest BCUT2D eigenvalue weighted by atomic mass is 19.4. The summed E-state index contributed by atoms with van der Waals surface area (Å²) in [6.07, 6.45) is -3.14. The number of methoxy groups -OCH3 is 1. The maximum atomic E-state index is 13.6. The molecule has 0 amide bonds. The molecular weight excluding hydrogens is 449 g/mol. The summed E-state index contributed by atoms with van der Waals surface area (Å²) in [5.74, 6) is -1.51. The highest BCUT2D eigenvalue weighted by Gasteiger charge is 2.28. The minimum absolute atomic E-state index is 0.0388. The van der Waals surface area contributed by atoms with Gasteiger partial charge >= 0.3 is 11.7 Å². The molecule has 1 heterocycles. The summed E-state index contributed by atoms with van der Waals surface area (Å²) in [6.45, 7) is 1.73. The molecule has 0 saturated heterocycles. The number of anilines is 2. The van der Waals surface area contributed by atoms with Crippen LogP contribution >= 0.6 is 0 Å². The van der Waals surface area contributed by atoms with Crippen molar-refractivity contribution in [2.24, 2.45) is 0 Å². The molecule has 33 heavy (non-hydrogen) atoms. The van der Waals surface area contributed by atoms with Crippen molar-refractivity contribution in [1.29, 1.82) is 0 Å². The van der Waals surface area contributed by atoms with Gasteiger partial charge in [0.25, 0.3) is 0 Å². The molecular formula is C22H20F5N3O3. The van der Waals surface area contributed by atoms with Crippen molar-refractivity contribution in [2.45, 2.75) is 26.6 Å². The van der Waals surface area contributed by atoms with Crippen LogP contribution in [0.2, 0.25) is 0 Å². The Morgan fingerprint density at radius 3 is 2.27 bits per heavy atom. The van der Waals surface area contributed by atoms with Crippen LogP contribution in [0.5, 0.6) is 11.5 Å². The van der Waals surface area contributed by atoms with Crippen molar-refractivity contribution in [2.75, 3.05) is 19.0 Å². The van der Waals surface area contributed by atoms with Gasteiger partial charge in [0.15, 0.2) is 6.61 Å². The quantitative estimate of drug-likeness (QED) is 0.500. The van der Waals surface area contributed by atoms with Crippen LogP contribution in [0.1, 0.15) is 16.7 Å². The number of aryl methyl sites for hydroxylation is 2. The maximum absolute atomic E-state index is 13.6. The van der Waals surface area contributed by atoms with Crippen molar-refractivity contribution in [3.05, 3.63) is 75.2 Å². The molecule has 0 atom stereocenters. The number of aromatic nitrogens is 2. The fourth-order valence-electron chi connectivity index (χ4n) is 3.09. The molecule has 6 nitrogen and oxygen atoms in total. The third-order valence-electron chi connectivity index (χ3n) is 4.62. The van der Waals surface area contributed by atoms with Gasteiger partial charge in [0.2, 0.25) is 11.7 Å². The average Bonchev–Trinajstić information content (AvgIpc) is 2.70. The number of nitrogens with zero attached hydrogens (tertiary/aromatic N) is 2. The predicted molar refractivity (Wildman–Crippen MR) is 111 cm³/mol. The smallest absolute Gasteiger partial charge is 0.422 e. The van der Waals surface area contributed by atoms with Crippen LogP contribution in [-0.4, -0.2) is 29.4 Å². The van der Waals surface area contributed by atoms with Gasteiger partial charge in [-0.05, 0) is 54.8 Å². The Bertz CT molecular complexity index is 1200. The molecule has 0 fully saturated rings. The number of halogens is 5. The zero-order valence-electron chi connectivity index (χ0n) is 17.9. The van der Waals surface area contributed by atoms with Crippen molar-refractivity contribution in [3.63, 3.8) is 0 Å². The van der Waals surface area contributed by atoms with Crippen LogP contribution < -0.4 is 20.3 Å². The molecule has 3 rings (SSSR count). The van der Waals surface area contributed by atoms with E-state index in [2.05, 4.69) is 10.3 Å². The lowest BCUT2D eigenvalue weighted by Crippen LogP contribution is -2.20. The lowest BCUT2D eigenvalue weighted by molar-refractivity contribution is -0.153. The van der Waals surface area contributed by atoms with E-state index in [0.717, 1.165) is 18.2 Å². The molecule has 11 heteroatoms. The molecule has 0 bridgehead atoms. The van der Waals surface area contributed by atoms with E-state index in [1.807, 2.05) is 0 Å². The minimum atomic E-state index is -4.48. The molecule has 0 saturated carbocycles. The van der Waals surface area contributed by atoms with Gasteiger partial charge in [-0.1, -0.05) is 0 Å². The summed E-state index contributed by atoms with van der Waals surface area (Å²) in [5, 5.41) is 2.95. The van der Waals surface area contributed by atoms with E-state index in [0.29, 0.717) is 16.8 Å². The van der Waals surface area contributed by atoms with Crippen LogP contribution in [0.3, 0.4) is 0 Å². The lowest BCUT2D eigenvalue weighted by atomic mass is 10.1. The van der Waals surface area contributed by atoms with Crippen LogP contribution in [-0.2, 0) is 6.54 Å². The van der Waals surface area contributed by atoms with E-state index in [1.165, 1.54) is 23.9 Å². The Morgan fingerprint density at radius 1 is 1.00 bits per heavy atom. The number of ether oxygens (including phenoxy) is 2. The van der Waals surface area contributed by atoms with E-state index in [-0.39, 0.29) is 29.6 Å². The molecule has 1 aromatic heterocycles. The largest absolute Gasteiger partial charge is 0.490 e. The van der Waals surface area contributed by atoms with E-state index >= 15 is 0 Å². The first kappa shape index (κ1) is 24.0. The molecule has 0 aliphatic rings. The number of hydrogen-bond donors (Lipinski definition) is 1. The molecule has 0 radical (unpaired) electrons. The molecule has 1 N–H and O–H groups in total. The van der Waals surface area contributed by atoms with Gasteiger partial charge in [0.1, 0.15) is 17.4 Å². The summed E-state index contributed by atoms with van der Waals surface area (Å²) in [6, 6.07) is 5.99. The molecule has 0 aliphatic heterocycles. The van der Waals surface area contributed by atoms with Crippen LogP contribution in [0.15, 0.2) is 41.3 Å². The zero-order valence-corrected chi connectivity index (χ0v) is 17.9. The normalized spacial score (nSPS) is 11.4. The number of nitrogens with one attached hydrogen (secondary N) is 1. The molecule has 3 aromatic rings. The number of rotatable bonds is 7. The van der Waals surface area contributed by atoms with Gasteiger partial charge in [-0.15, -0.1) is 0 Å². The van der Waals surface area contributed by atoms with Crippen molar-refractivity contribution >= 4 is 11.6 Å². The standard InChI is InChI=1S/C22H20F5N3O3/c1-12-5-18(33-11-22(25,26)27)13(2)4-17(12)28-21-29-20(31)19(32-3)10-30(21)9-14-6-15(23)8-16(24)7-14/h4-8,10H,9,11H2,1-3H3,(H,28,29,31). The van der Waals surface area contributed by atoms with Crippen molar-refractivity contribution in [3.8, 4) is 11.5 Å². The van der Waals surface area contributed by atoms with Crippen LogP contribution in [0, 0.1) is 25.5 Å². The fourth-order valence-corrected chi connectivity index (χ4v) is 3.09. The van der Waals surface area contributed by atoms with Gasteiger partial charge in [-0.25, -0.2) is 8.78 Å². The summed E-state index contributed by atoms with van der Waals surface area (Å²) in [7, 11) is 1.28. The highest BCUT2D eigenvalue weighted by molar-refractivity contribution is 5.62. The Balaban J connectivity index is 1.96. The molecule has 0 spiro atoms. The zero-order chi connectivity index (χ0) is 24.3. The first-order valence-corrected chi connectivity index (χ1v) is 9.63. The Hall–Kier alpha value is -3.63. The van der Waals surface area contributed by atoms with E-state index in [9.17, 15) is 26.7 Å². The van der Waals surface area contributed by atoms with E-state index < -0.39 is 30.0 Å². The molecule has 2 aromatic carbocycles. The van der Waals surface area contributed by atoms with Gasteiger partial charge in [-0.3, -0.25) is 4.79 Å². The van der Waals surface area contributed by atoms with Crippen LogP contribution in [0.25, 0.3) is 0 Å². The second kappa shape index (κ2) is 9.47. The maximum Gasteiger partial charge on any atom is 0.422 e. The SMILES string of the molecule is COc1cn(Cc2cc(F)cc(F)c2)c(Nc2cc(C)c(OCC(F)(F)F)cc2C)nc1=O. The Kier molecular flexibility index (Phi) is 6.89. The Labute approximate surface area is 185 Å². The van der Waals surface area contributed by atoms with Crippen molar-refractivity contribution < 1.29 is 31.4 Å². The van der Waals surface area contributed by atoms with Gasteiger partial charge in [0, 0.05) is 11.8 Å². The van der Waals surface area contributed by atoms with Gasteiger partial charge in [0.05, 0.1) is 19.9 Å².